The molecule has 1 saturated heterocycles. The Balaban J connectivity index is 1.80. The summed E-state index contributed by atoms with van der Waals surface area (Å²) in [6.45, 7) is 4.64. The number of hydrogen-bond donors (Lipinski definition) is 1. The van der Waals surface area contributed by atoms with Crippen molar-refractivity contribution in [3.63, 3.8) is 0 Å². The first kappa shape index (κ1) is 13.1. The molecule has 1 aromatic rings. The maximum absolute atomic E-state index is 3.31. The normalized spacial score (nSPS) is 15.5. The summed E-state index contributed by atoms with van der Waals surface area (Å²) in [5, 5.41) is 0. The molecule has 1 N–H and O–H groups in total. The molecule has 0 amide bonds. The first-order valence-corrected chi connectivity index (χ1v) is 8.09. The van der Waals surface area contributed by atoms with Gasteiger partial charge in [-0.3, -0.25) is 0 Å². The minimum atomic E-state index is 1.17. The van der Waals surface area contributed by atoms with E-state index >= 15 is 0 Å². The molecule has 0 spiro atoms. The fraction of sp³-hybridized carbons (Fsp3) is 0.538. The lowest BCUT2D eigenvalue weighted by Gasteiger charge is -2.17. The van der Waals surface area contributed by atoms with E-state index in [4.69, 9.17) is 0 Å². The van der Waals surface area contributed by atoms with Gasteiger partial charge in [-0.1, -0.05) is 18.9 Å². The Morgan fingerprint density at radius 3 is 2.53 bits per heavy atom. The highest BCUT2D eigenvalue weighted by Crippen LogP contribution is 2.24. The lowest BCUT2D eigenvalue weighted by atomic mass is 10.3. The van der Waals surface area contributed by atoms with Gasteiger partial charge in [0.05, 0.1) is 0 Å². The summed E-state index contributed by atoms with van der Waals surface area (Å²) >= 11 is 3.49. The Hall–Kier alpha value is -0.320. The van der Waals surface area contributed by atoms with Gasteiger partial charge in [-0.05, 0) is 55.5 Å². The minimum Gasteiger partial charge on any atom is -0.372 e. The van der Waals surface area contributed by atoms with E-state index in [-0.39, 0.29) is 0 Å². The minimum absolute atomic E-state index is 1.17. The van der Waals surface area contributed by atoms with Crippen LogP contribution in [0.5, 0.6) is 0 Å². The molecule has 1 aromatic carbocycles. The van der Waals surface area contributed by atoms with Crippen LogP contribution in [0.4, 0.5) is 5.69 Å². The van der Waals surface area contributed by atoms with Gasteiger partial charge in [-0.25, -0.2) is 4.13 Å². The van der Waals surface area contributed by atoms with Crippen LogP contribution < -0.4 is 9.03 Å². The molecule has 0 atom stereocenters. The average molecular weight is 268 g/mol. The quantitative estimate of drug-likeness (QED) is 0.620. The second-order valence-electron chi connectivity index (χ2n) is 4.22. The van der Waals surface area contributed by atoms with Gasteiger partial charge in [0.15, 0.2) is 0 Å². The molecule has 4 heteroatoms. The van der Waals surface area contributed by atoms with Gasteiger partial charge in [0.1, 0.15) is 0 Å². The maximum Gasteiger partial charge on any atom is 0.0366 e. The van der Waals surface area contributed by atoms with E-state index in [0.29, 0.717) is 0 Å². The molecule has 0 aromatic heterocycles. The molecule has 0 unspecified atom stereocenters. The van der Waals surface area contributed by atoms with E-state index < -0.39 is 0 Å². The zero-order chi connectivity index (χ0) is 11.9. The van der Waals surface area contributed by atoms with Crippen LogP contribution in [0.2, 0.25) is 0 Å². The van der Waals surface area contributed by atoms with Crippen LogP contribution in [0.25, 0.3) is 0 Å². The summed E-state index contributed by atoms with van der Waals surface area (Å²) in [6.07, 6.45) is 3.89. The third-order valence-corrected chi connectivity index (χ3v) is 4.76. The van der Waals surface area contributed by atoms with Crippen molar-refractivity contribution in [2.75, 3.05) is 23.7 Å². The second-order valence-corrected chi connectivity index (χ2v) is 6.26. The summed E-state index contributed by atoms with van der Waals surface area (Å²) in [5.74, 6) is 1.17. The van der Waals surface area contributed by atoms with Gasteiger partial charge >= 0.3 is 0 Å². The fourth-order valence-electron chi connectivity index (χ4n) is 1.92. The maximum atomic E-state index is 3.31. The summed E-state index contributed by atoms with van der Waals surface area (Å²) < 4.78 is 3.31. The van der Waals surface area contributed by atoms with Crippen LogP contribution >= 0.6 is 23.9 Å². The number of nitrogens with zero attached hydrogens (tertiary/aromatic N) is 1. The molecular weight excluding hydrogens is 248 g/mol. The number of nitrogens with one attached hydrogen (secondary N) is 1. The van der Waals surface area contributed by atoms with Gasteiger partial charge in [-0.15, -0.1) is 0 Å². The summed E-state index contributed by atoms with van der Waals surface area (Å²) in [5.41, 5.74) is 1.37. The molecule has 0 saturated carbocycles. The van der Waals surface area contributed by atoms with E-state index in [2.05, 4.69) is 40.2 Å². The Kier molecular flexibility index (Phi) is 5.55. The molecule has 1 fully saturated rings. The van der Waals surface area contributed by atoms with E-state index in [1.807, 2.05) is 0 Å². The van der Waals surface area contributed by atoms with Crippen LogP contribution in [0.1, 0.15) is 26.2 Å². The van der Waals surface area contributed by atoms with E-state index in [1.165, 1.54) is 48.7 Å². The topological polar surface area (TPSA) is 15.3 Å². The lowest BCUT2D eigenvalue weighted by molar-refractivity contribution is 0.949. The smallest absolute Gasteiger partial charge is 0.0366 e. The van der Waals surface area contributed by atoms with Crippen molar-refractivity contribution in [1.29, 1.82) is 0 Å². The zero-order valence-corrected chi connectivity index (χ0v) is 11.9. The summed E-state index contributed by atoms with van der Waals surface area (Å²) in [7, 11) is 0. The van der Waals surface area contributed by atoms with Gasteiger partial charge in [-0.2, -0.15) is 0 Å². The number of benzene rings is 1. The van der Waals surface area contributed by atoms with E-state index in [1.54, 1.807) is 23.9 Å². The highest BCUT2D eigenvalue weighted by atomic mass is 32.2. The summed E-state index contributed by atoms with van der Waals surface area (Å²) in [6, 6.07) is 8.88. The van der Waals surface area contributed by atoms with Crippen molar-refractivity contribution in [3.05, 3.63) is 24.3 Å². The van der Waals surface area contributed by atoms with Crippen LogP contribution in [-0.4, -0.2) is 18.8 Å². The number of rotatable bonds is 6. The van der Waals surface area contributed by atoms with Gasteiger partial charge in [0, 0.05) is 29.4 Å². The van der Waals surface area contributed by atoms with Crippen LogP contribution in [-0.2, 0) is 0 Å². The van der Waals surface area contributed by atoms with Gasteiger partial charge in [0.25, 0.3) is 0 Å². The lowest BCUT2D eigenvalue weighted by Crippen LogP contribution is -2.17. The first-order valence-electron chi connectivity index (χ1n) is 6.29. The van der Waals surface area contributed by atoms with Gasteiger partial charge in [0.2, 0.25) is 0 Å². The van der Waals surface area contributed by atoms with Gasteiger partial charge < -0.3 is 4.90 Å². The third kappa shape index (κ3) is 4.12. The van der Waals surface area contributed by atoms with E-state index in [0.717, 1.165) is 0 Å². The van der Waals surface area contributed by atoms with E-state index in [9.17, 15) is 0 Å². The Morgan fingerprint density at radius 1 is 1.18 bits per heavy atom. The molecule has 0 aliphatic carbocycles. The largest absolute Gasteiger partial charge is 0.372 e. The Morgan fingerprint density at radius 2 is 1.88 bits per heavy atom. The van der Waals surface area contributed by atoms with Crippen molar-refractivity contribution in [1.82, 2.24) is 4.13 Å². The van der Waals surface area contributed by atoms with Crippen LogP contribution in [0.3, 0.4) is 0 Å². The molecule has 17 heavy (non-hydrogen) atoms. The Bertz CT molecular complexity index is 321. The molecule has 1 aliphatic heterocycles. The predicted molar refractivity (Wildman–Crippen MR) is 79.6 cm³/mol. The first-order chi connectivity index (χ1) is 8.40. The molecular formula is C13H20N2S2. The number of anilines is 1. The zero-order valence-electron chi connectivity index (χ0n) is 10.3. The van der Waals surface area contributed by atoms with Crippen LogP contribution in [0.15, 0.2) is 29.2 Å². The second kappa shape index (κ2) is 7.19. The van der Waals surface area contributed by atoms with Crippen LogP contribution in [0, 0.1) is 0 Å². The van der Waals surface area contributed by atoms with Crippen molar-refractivity contribution < 1.29 is 0 Å². The van der Waals surface area contributed by atoms with Crippen molar-refractivity contribution in [3.8, 4) is 0 Å². The molecule has 94 valence electrons. The summed E-state index contributed by atoms with van der Waals surface area (Å²) in [4.78, 5) is 3.75. The molecule has 1 heterocycles. The molecule has 2 rings (SSSR count). The predicted octanol–water partition coefficient (Wildman–Crippen LogP) is 3.94. The standard InChI is InChI=1S/C13H20N2S2/c1-2-11-16-14-17-13-7-5-12(6-8-13)15-9-3-4-10-15/h5-8,14H,2-4,9-11H2,1H3. The fourth-order valence-corrected chi connectivity index (χ4v) is 3.35. The van der Waals surface area contributed by atoms with Crippen molar-refractivity contribution >= 4 is 29.6 Å². The molecule has 0 radical (unpaired) electrons. The van der Waals surface area contributed by atoms with Crippen molar-refractivity contribution in [2.24, 2.45) is 0 Å². The van der Waals surface area contributed by atoms with Crippen molar-refractivity contribution in [2.45, 2.75) is 31.1 Å². The molecule has 1 aliphatic rings. The Labute approximate surface area is 113 Å². The number of hydrogen-bond acceptors (Lipinski definition) is 4. The molecule has 2 nitrogen and oxygen atoms in total. The highest BCUT2D eigenvalue weighted by Gasteiger charge is 2.11. The molecule has 0 bridgehead atoms. The monoisotopic (exact) mass is 268 g/mol. The third-order valence-electron chi connectivity index (χ3n) is 2.83. The SMILES string of the molecule is CCCSNSc1ccc(N2CCCC2)cc1. The average Bonchev–Trinajstić information content (AvgIpc) is 2.89. The highest BCUT2D eigenvalue weighted by molar-refractivity contribution is 8.12.